The molecule has 0 atom stereocenters. The van der Waals surface area contributed by atoms with Gasteiger partial charge in [0.2, 0.25) is 0 Å². The van der Waals surface area contributed by atoms with Crippen LogP contribution in [0.2, 0.25) is 0 Å². The smallest absolute Gasteiger partial charge is 0.133 e. The van der Waals surface area contributed by atoms with Crippen molar-refractivity contribution in [3.05, 3.63) is 59.1 Å². The van der Waals surface area contributed by atoms with E-state index in [9.17, 15) is 8.78 Å². The van der Waals surface area contributed by atoms with E-state index in [4.69, 9.17) is 4.42 Å². The van der Waals surface area contributed by atoms with Gasteiger partial charge in [0, 0.05) is 12.1 Å². The first-order valence-electron chi connectivity index (χ1n) is 5.35. The van der Waals surface area contributed by atoms with Crippen LogP contribution in [0.4, 0.5) is 8.78 Å². The van der Waals surface area contributed by atoms with Crippen LogP contribution in [0.25, 0.3) is 0 Å². The average Bonchev–Trinajstić information content (AvgIpc) is 2.81. The molecule has 0 aliphatic rings. The first kappa shape index (κ1) is 11.8. The molecule has 0 spiro atoms. The van der Waals surface area contributed by atoms with Gasteiger partial charge in [-0.1, -0.05) is 6.07 Å². The molecule has 0 bridgehead atoms. The van der Waals surface area contributed by atoms with Gasteiger partial charge < -0.3 is 9.73 Å². The third-order valence-electron chi connectivity index (χ3n) is 2.56. The molecule has 0 radical (unpaired) electrons. The van der Waals surface area contributed by atoms with Gasteiger partial charge in [-0.3, -0.25) is 0 Å². The Morgan fingerprint density at radius 3 is 2.71 bits per heavy atom. The Hall–Kier alpha value is -1.68. The highest BCUT2D eigenvalue weighted by atomic mass is 19.1. The van der Waals surface area contributed by atoms with Crippen LogP contribution in [0.15, 0.2) is 34.9 Å². The van der Waals surface area contributed by atoms with Gasteiger partial charge >= 0.3 is 0 Å². The predicted molar refractivity (Wildman–Crippen MR) is 60.3 cm³/mol. The fraction of sp³-hybridized carbons (Fsp3) is 0.231. The highest BCUT2D eigenvalue weighted by molar-refractivity contribution is 5.26. The van der Waals surface area contributed by atoms with Crippen molar-refractivity contribution in [1.29, 1.82) is 0 Å². The Bertz CT molecular complexity index is 494. The summed E-state index contributed by atoms with van der Waals surface area (Å²) in [6.45, 7) is 2.20. The topological polar surface area (TPSA) is 25.2 Å². The molecule has 0 aliphatic heterocycles. The van der Waals surface area contributed by atoms with Crippen molar-refractivity contribution < 1.29 is 13.2 Å². The quantitative estimate of drug-likeness (QED) is 0.883. The third-order valence-corrected chi connectivity index (χ3v) is 2.56. The molecule has 0 aliphatic carbocycles. The van der Waals surface area contributed by atoms with Crippen molar-refractivity contribution in [2.75, 3.05) is 0 Å². The van der Waals surface area contributed by atoms with Crippen molar-refractivity contribution in [2.45, 2.75) is 20.0 Å². The molecule has 2 rings (SSSR count). The van der Waals surface area contributed by atoms with Crippen LogP contribution in [-0.2, 0) is 13.1 Å². The van der Waals surface area contributed by atoms with Crippen molar-refractivity contribution in [1.82, 2.24) is 5.32 Å². The lowest BCUT2D eigenvalue weighted by Crippen LogP contribution is -2.15. The summed E-state index contributed by atoms with van der Waals surface area (Å²) in [6, 6.07) is 6.28. The third kappa shape index (κ3) is 2.71. The van der Waals surface area contributed by atoms with Crippen molar-refractivity contribution in [3.63, 3.8) is 0 Å². The SMILES string of the molecule is Cc1ccc(F)c(CNCc2ccco2)c1F. The minimum absolute atomic E-state index is 0.0663. The summed E-state index contributed by atoms with van der Waals surface area (Å²) in [4.78, 5) is 0. The second-order valence-electron chi connectivity index (χ2n) is 3.84. The summed E-state index contributed by atoms with van der Waals surface area (Å²) in [5.41, 5.74) is 0.512. The summed E-state index contributed by atoms with van der Waals surface area (Å²) in [5, 5.41) is 2.94. The lowest BCUT2D eigenvalue weighted by molar-refractivity contribution is 0.472. The molecule has 2 aromatic rings. The zero-order chi connectivity index (χ0) is 12.3. The van der Waals surface area contributed by atoms with Crippen LogP contribution in [-0.4, -0.2) is 0 Å². The Morgan fingerprint density at radius 2 is 2.00 bits per heavy atom. The van der Waals surface area contributed by atoms with Crippen LogP contribution < -0.4 is 5.32 Å². The molecule has 0 unspecified atom stereocenters. The molecule has 1 heterocycles. The second-order valence-corrected chi connectivity index (χ2v) is 3.84. The molecule has 4 heteroatoms. The standard InChI is InChI=1S/C13H13F2NO/c1-9-4-5-12(14)11(13(9)15)8-16-7-10-3-2-6-17-10/h2-6,16H,7-8H2,1H3. The van der Waals surface area contributed by atoms with Crippen LogP contribution in [0.3, 0.4) is 0 Å². The van der Waals surface area contributed by atoms with E-state index >= 15 is 0 Å². The molecule has 0 fully saturated rings. The van der Waals surface area contributed by atoms with Crippen molar-refractivity contribution >= 4 is 0 Å². The van der Waals surface area contributed by atoms with E-state index in [1.165, 1.54) is 12.1 Å². The summed E-state index contributed by atoms with van der Waals surface area (Å²) in [6.07, 6.45) is 1.56. The van der Waals surface area contributed by atoms with E-state index in [1.807, 2.05) is 0 Å². The highest BCUT2D eigenvalue weighted by Crippen LogP contribution is 2.16. The Labute approximate surface area is 98.3 Å². The Balaban J connectivity index is 2.01. The maximum absolute atomic E-state index is 13.6. The monoisotopic (exact) mass is 237 g/mol. The van der Waals surface area contributed by atoms with Gasteiger partial charge in [-0.25, -0.2) is 8.78 Å². The lowest BCUT2D eigenvalue weighted by Gasteiger charge is -2.07. The van der Waals surface area contributed by atoms with E-state index < -0.39 is 11.6 Å². The molecule has 0 saturated heterocycles. The lowest BCUT2D eigenvalue weighted by atomic mass is 10.1. The zero-order valence-electron chi connectivity index (χ0n) is 9.47. The molecular weight excluding hydrogens is 224 g/mol. The predicted octanol–water partition coefficient (Wildman–Crippen LogP) is 3.16. The summed E-state index contributed by atoms with van der Waals surface area (Å²) < 4.78 is 32.1. The first-order chi connectivity index (χ1) is 8.18. The van der Waals surface area contributed by atoms with E-state index in [1.54, 1.807) is 25.3 Å². The molecule has 17 heavy (non-hydrogen) atoms. The first-order valence-corrected chi connectivity index (χ1v) is 5.35. The molecule has 0 amide bonds. The molecule has 90 valence electrons. The van der Waals surface area contributed by atoms with Crippen LogP contribution in [0.5, 0.6) is 0 Å². The van der Waals surface area contributed by atoms with Gasteiger partial charge in [-0.15, -0.1) is 0 Å². The van der Waals surface area contributed by atoms with Gasteiger partial charge in [0.15, 0.2) is 0 Å². The largest absolute Gasteiger partial charge is 0.468 e. The molecular formula is C13H13F2NO. The summed E-state index contributed by atoms with van der Waals surface area (Å²) >= 11 is 0. The maximum Gasteiger partial charge on any atom is 0.133 e. The van der Waals surface area contributed by atoms with E-state index in [0.717, 1.165) is 5.76 Å². The number of rotatable bonds is 4. The fourth-order valence-corrected chi connectivity index (χ4v) is 1.60. The Kier molecular flexibility index (Phi) is 3.54. The maximum atomic E-state index is 13.6. The van der Waals surface area contributed by atoms with Crippen LogP contribution in [0, 0.1) is 18.6 Å². The normalized spacial score (nSPS) is 10.8. The molecule has 2 nitrogen and oxygen atoms in total. The fourth-order valence-electron chi connectivity index (χ4n) is 1.60. The second kappa shape index (κ2) is 5.10. The highest BCUT2D eigenvalue weighted by Gasteiger charge is 2.10. The number of halogens is 2. The number of nitrogens with one attached hydrogen (secondary N) is 1. The van der Waals surface area contributed by atoms with Crippen LogP contribution >= 0.6 is 0 Å². The van der Waals surface area contributed by atoms with Crippen LogP contribution in [0.1, 0.15) is 16.9 Å². The molecule has 1 N–H and O–H groups in total. The van der Waals surface area contributed by atoms with E-state index in [0.29, 0.717) is 12.1 Å². The number of benzene rings is 1. The van der Waals surface area contributed by atoms with Gasteiger partial charge in [-0.2, -0.15) is 0 Å². The number of hydrogen-bond donors (Lipinski definition) is 1. The van der Waals surface area contributed by atoms with E-state index in [-0.39, 0.29) is 12.1 Å². The minimum Gasteiger partial charge on any atom is -0.468 e. The average molecular weight is 237 g/mol. The van der Waals surface area contributed by atoms with Crippen molar-refractivity contribution in [2.24, 2.45) is 0 Å². The number of aryl methyl sites for hydroxylation is 1. The van der Waals surface area contributed by atoms with Gasteiger partial charge in [0.25, 0.3) is 0 Å². The number of furan rings is 1. The molecule has 1 aromatic heterocycles. The van der Waals surface area contributed by atoms with Gasteiger partial charge in [0.1, 0.15) is 17.4 Å². The number of hydrogen-bond acceptors (Lipinski definition) is 2. The Morgan fingerprint density at radius 1 is 1.18 bits per heavy atom. The molecule has 0 saturated carbocycles. The molecule has 1 aromatic carbocycles. The summed E-state index contributed by atoms with van der Waals surface area (Å²) in [5.74, 6) is -0.282. The summed E-state index contributed by atoms with van der Waals surface area (Å²) in [7, 11) is 0. The van der Waals surface area contributed by atoms with Crippen molar-refractivity contribution in [3.8, 4) is 0 Å². The van der Waals surface area contributed by atoms with Gasteiger partial charge in [0.05, 0.1) is 12.8 Å². The minimum atomic E-state index is -0.528. The van der Waals surface area contributed by atoms with Gasteiger partial charge in [-0.05, 0) is 30.7 Å². The zero-order valence-corrected chi connectivity index (χ0v) is 9.47. The van der Waals surface area contributed by atoms with E-state index in [2.05, 4.69) is 5.32 Å².